The Bertz CT molecular complexity index is 679. The summed E-state index contributed by atoms with van der Waals surface area (Å²) < 4.78 is 0.782. The van der Waals surface area contributed by atoms with Crippen molar-refractivity contribution in [3.63, 3.8) is 0 Å². The molecule has 0 saturated carbocycles. The third-order valence-electron chi connectivity index (χ3n) is 2.31. The Labute approximate surface area is 132 Å². The van der Waals surface area contributed by atoms with Crippen LogP contribution < -0.4 is 5.43 Å². The molecule has 1 aromatic carbocycles. The van der Waals surface area contributed by atoms with E-state index in [1.807, 2.05) is 0 Å². The summed E-state index contributed by atoms with van der Waals surface area (Å²) in [7, 11) is 0. The van der Waals surface area contributed by atoms with Crippen LogP contribution in [0.15, 0.2) is 29.5 Å². The zero-order valence-electron chi connectivity index (χ0n) is 9.88. The van der Waals surface area contributed by atoms with Gasteiger partial charge in [-0.15, -0.1) is 0 Å². The first-order chi connectivity index (χ1) is 9.47. The molecule has 0 amide bonds. The number of rotatable bonds is 3. The van der Waals surface area contributed by atoms with Crippen LogP contribution >= 0.6 is 34.2 Å². The number of nitrogens with one attached hydrogen (secondary N) is 1. The monoisotopic (exact) mass is 405 g/mol. The maximum absolute atomic E-state index is 9.58. The Balaban J connectivity index is 2.16. The average Bonchev–Trinajstić information content (AvgIpc) is 2.38. The van der Waals surface area contributed by atoms with E-state index < -0.39 is 5.75 Å². The van der Waals surface area contributed by atoms with Gasteiger partial charge in [-0.1, -0.05) is 11.6 Å². The van der Waals surface area contributed by atoms with Crippen molar-refractivity contribution in [2.45, 2.75) is 0 Å². The summed E-state index contributed by atoms with van der Waals surface area (Å²) in [4.78, 5) is 4.05. The van der Waals surface area contributed by atoms with Crippen LogP contribution in [0.4, 0.5) is 5.82 Å². The largest absolute Gasteiger partial charge is 0.507 e. The van der Waals surface area contributed by atoms with E-state index in [4.69, 9.17) is 11.6 Å². The molecule has 4 N–H and O–H groups in total. The number of halogens is 2. The molecule has 20 heavy (non-hydrogen) atoms. The van der Waals surface area contributed by atoms with Crippen molar-refractivity contribution in [1.82, 2.24) is 4.98 Å². The van der Waals surface area contributed by atoms with Gasteiger partial charge in [0.05, 0.1) is 14.8 Å². The van der Waals surface area contributed by atoms with Crippen LogP contribution in [0.25, 0.3) is 0 Å². The predicted octanol–water partition coefficient (Wildman–Crippen LogP) is 2.90. The number of aromatic hydroxyl groups is 3. The van der Waals surface area contributed by atoms with Crippen LogP contribution in [0, 0.1) is 3.57 Å². The Morgan fingerprint density at radius 3 is 2.55 bits per heavy atom. The van der Waals surface area contributed by atoms with E-state index in [1.165, 1.54) is 18.5 Å². The molecule has 0 unspecified atom stereocenters. The maximum Gasteiger partial charge on any atom is 0.161 e. The number of nitrogens with zero attached hydrogens (tertiary/aromatic N) is 2. The number of hydrazone groups is 1. The van der Waals surface area contributed by atoms with E-state index >= 15 is 0 Å². The number of aromatic nitrogens is 1. The molecule has 0 saturated heterocycles. The van der Waals surface area contributed by atoms with E-state index in [0.29, 0.717) is 10.8 Å². The number of pyridine rings is 1. The summed E-state index contributed by atoms with van der Waals surface area (Å²) in [5.74, 6) is -0.441. The highest BCUT2D eigenvalue weighted by Crippen LogP contribution is 2.31. The van der Waals surface area contributed by atoms with Gasteiger partial charge in [-0.05, 0) is 34.7 Å². The van der Waals surface area contributed by atoms with E-state index in [-0.39, 0.29) is 17.1 Å². The number of hydrogen-bond acceptors (Lipinski definition) is 6. The van der Waals surface area contributed by atoms with Crippen LogP contribution in [0.2, 0.25) is 5.02 Å². The number of benzene rings is 1. The Hall–Kier alpha value is -1.74. The molecular weight excluding hydrogens is 397 g/mol. The minimum atomic E-state index is -0.401. The summed E-state index contributed by atoms with van der Waals surface area (Å²) in [6.07, 6.45) is 2.77. The SMILES string of the molecule is Oc1cc(O)c(/C=N/Nc2ncc(Cl)cc2I)cc1O. The summed E-state index contributed by atoms with van der Waals surface area (Å²) >= 11 is 7.83. The summed E-state index contributed by atoms with van der Waals surface area (Å²) in [5, 5.41) is 32.5. The smallest absolute Gasteiger partial charge is 0.161 e. The van der Waals surface area contributed by atoms with Gasteiger partial charge in [0.25, 0.3) is 0 Å². The zero-order chi connectivity index (χ0) is 14.7. The van der Waals surface area contributed by atoms with Crippen molar-refractivity contribution in [3.8, 4) is 17.2 Å². The van der Waals surface area contributed by atoms with E-state index in [9.17, 15) is 15.3 Å². The molecule has 6 nitrogen and oxygen atoms in total. The van der Waals surface area contributed by atoms with E-state index in [2.05, 4.69) is 38.1 Å². The molecule has 0 spiro atoms. The Morgan fingerprint density at radius 2 is 1.85 bits per heavy atom. The van der Waals surface area contributed by atoms with Gasteiger partial charge in [0.2, 0.25) is 0 Å². The van der Waals surface area contributed by atoms with Crippen LogP contribution in [-0.4, -0.2) is 26.5 Å². The van der Waals surface area contributed by atoms with Crippen molar-refractivity contribution < 1.29 is 15.3 Å². The minimum absolute atomic E-state index is 0.204. The number of anilines is 1. The molecule has 0 bridgehead atoms. The second-order valence-electron chi connectivity index (χ2n) is 3.75. The Kier molecular flexibility index (Phi) is 4.50. The van der Waals surface area contributed by atoms with Gasteiger partial charge in [-0.25, -0.2) is 4.98 Å². The molecule has 8 heteroatoms. The lowest BCUT2D eigenvalue weighted by Gasteiger charge is -2.04. The highest BCUT2D eigenvalue weighted by Gasteiger charge is 2.06. The topological polar surface area (TPSA) is 98.0 Å². The van der Waals surface area contributed by atoms with Crippen molar-refractivity contribution in [1.29, 1.82) is 0 Å². The van der Waals surface area contributed by atoms with Gasteiger partial charge < -0.3 is 15.3 Å². The average molecular weight is 406 g/mol. The van der Waals surface area contributed by atoms with Crippen molar-refractivity contribution in [2.75, 3.05) is 5.43 Å². The molecule has 1 heterocycles. The summed E-state index contributed by atoms with van der Waals surface area (Å²) in [6, 6.07) is 3.94. The predicted molar refractivity (Wildman–Crippen MR) is 84.6 cm³/mol. The standard InChI is InChI=1S/C12H9ClIN3O3/c13-7-2-8(14)12(15-5-7)17-16-4-6-1-10(19)11(20)3-9(6)18/h1-5,18-20H,(H,15,17)/b16-4+. The molecule has 0 aliphatic heterocycles. The lowest BCUT2D eigenvalue weighted by Crippen LogP contribution is -1.96. The summed E-state index contributed by atoms with van der Waals surface area (Å²) in [6.45, 7) is 0. The molecule has 0 aliphatic carbocycles. The quantitative estimate of drug-likeness (QED) is 0.207. The fourth-order valence-corrected chi connectivity index (χ4v) is 2.28. The van der Waals surface area contributed by atoms with Gasteiger partial charge >= 0.3 is 0 Å². The zero-order valence-corrected chi connectivity index (χ0v) is 12.8. The second kappa shape index (κ2) is 6.14. The molecule has 0 radical (unpaired) electrons. The first-order valence-electron chi connectivity index (χ1n) is 5.32. The highest BCUT2D eigenvalue weighted by molar-refractivity contribution is 14.1. The lowest BCUT2D eigenvalue weighted by molar-refractivity contribution is 0.396. The van der Waals surface area contributed by atoms with Crippen molar-refractivity contribution >= 4 is 46.2 Å². The fourth-order valence-electron chi connectivity index (χ4n) is 1.35. The van der Waals surface area contributed by atoms with Gasteiger partial charge in [0.1, 0.15) is 5.75 Å². The van der Waals surface area contributed by atoms with Gasteiger partial charge in [-0.3, -0.25) is 5.43 Å². The fraction of sp³-hybridized carbons (Fsp3) is 0. The number of hydrogen-bond donors (Lipinski definition) is 4. The van der Waals surface area contributed by atoms with Gasteiger partial charge in [0, 0.05) is 17.8 Å². The molecule has 104 valence electrons. The molecule has 0 atom stereocenters. The molecule has 0 aliphatic rings. The van der Waals surface area contributed by atoms with Gasteiger partial charge in [0.15, 0.2) is 17.3 Å². The number of phenols is 3. The molecule has 0 fully saturated rings. The van der Waals surface area contributed by atoms with Crippen LogP contribution in [0.1, 0.15) is 5.56 Å². The van der Waals surface area contributed by atoms with E-state index in [1.54, 1.807) is 6.07 Å². The lowest BCUT2D eigenvalue weighted by atomic mass is 10.2. The highest BCUT2D eigenvalue weighted by atomic mass is 127. The van der Waals surface area contributed by atoms with E-state index in [0.717, 1.165) is 9.64 Å². The first kappa shape index (κ1) is 14.7. The first-order valence-corrected chi connectivity index (χ1v) is 6.78. The van der Waals surface area contributed by atoms with Crippen molar-refractivity contribution in [3.05, 3.63) is 38.6 Å². The number of phenolic OH excluding ortho intramolecular Hbond substituents is 3. The van der Waals surface area contributed by atoms with Crippen molar-refractivity contribution in [2.24, 2.45) is 5.10 Å². The second-order valence-corrected chi connectivity index (χ2v) is 5.35. The molecule has 2 rings (SSSR count). The molecular formula is C12H9ClIN3O3. The third-order valence-corrected chi connectivity index (χ3v) is 3.33. The normalized spacial score (nSPS) is 10.9. The van der Waals surface area contributed by atoms with Crippen LogP contribution in [-0.2, 0) is 0 Å². The van der Waals surface area contributed by atoms with Gasteiger partial charge in [-0.2, -0.15) is 5.10 Å². The molecule has 2 aromatic rings. The van der Waals surface area contributed by atoms with Crippen LogP contribution in [0.3, 0.4) is 0 Å². The molecule has 1 aromatic heterocycles. The third kappa shape index (κ3) is 3.42. The van der Waals surface area contributed by atoms with Crippen LogP contribution in [0.5, 0.6) is 17.2 Å². The minimum Gasteiger partial charge on any atom is -0.507 e. The maximum atomic E-state index is 9.58. The summed E-state index contributed by atoms with van der Waals surface area (Å²) in [5.41, 5.74) is 2.93. The Morgan fingerprint density at radius 1 is 1.15 bits per heavy atom.